The van der Waals surface area contributed by atoms with Crippen molar-refractivity contribution in [1.29, 1.82) is 0 Å². The van der Waals surface area contributed by atoms with Crippen LogP contribution in [0.4, 0.5) is 29.5 Å². The fourth-order valence-electron chi connectivity index (χ4n) is 3.39. The van der Waals surface area contributed by atoms with Crippen molar-refractivity contribution < 1.29 is 37.3 Å². The van der Waals surface area contributed by atoms with Gasteiger partial charge in [-0.3, -0.25) is 9.69 Å². The highest BCUT2D eigenvalue weighted by atomic mass is 19.4. The number of anilines is 2. The quantitative estimate of drug-likeness (QED) is 0.621. The van der Waals surface area contributed by atoms with E-state index in [0.29, 0.717) is 17.0 Å². The number of urea groups is 1. The molecule has 1 aliphatic rings. The Bertz CT molecular complexity index is 1050. The summed E-state index contributed by atoms with van der Waals surface area (Å²) in [5, 5.41) is 15.9. The summed E-state index contributed by atoms with van der Waals surface area (Å²) >= 11 is 0. The molecule has 0 unspecified atom stereocenters. The number of carbonyl (C=O) groups is 2. The lowest BCUT2D eigenvalue weighted by Gasteiger charge is -2.34. The third-order valence-corrected chi connectivity index (χ3v) is 4.86. The van der Waals surface area contributed by atoms with Crippen LogP contribution in [0.15, 0.2) is 30.3 Å². The van der Waals surface area contributed by atoms with Crippen LogP contribution in [0, 0.1) is 6.92 Å². The van der Waals surface area contributed by atoms with E-state index in [1.807, 2.05) is 0 Å². The van der Waals surface area contributed by atoms with Gasteiger partial charge in [-0.05, 0) is 38.5 Å². The van der Waals surface area contributed by atoms with Crippen molar-refractivity contribution in [2.24, 2.45) is 0 Å². The number of methoxy groups -OCH3 is 1. The van der Waals surface area contributed by atoms with Gasteiger partial charge in [-0.15, -0.1) is 13.2 Å². The fraction of sp³-hybridized carbons (Fsp3) is 0.381. The van der Waals surface area contributed by atoms with Crippen molar-refractivity contribution in [2.45, 2.75) is 38.8 Å². The van der Waals surface area contributed by atoms with Crippen LogP contribution >= 0.6 is 0 Å². The molecule has 1 aromatic carbocycles. The van der Waals surface area contributed by atoms with Gasteiger partial charge in [0.05, 0.1) is 30.1 Å². The molecular formula is C21H23F3N4O5. The van der Waals surface area contributed by atoms with Gasteiger partial charge in [0.25, 0.3) is 0 Å². The summed E-state index contributed by atoms with van der Waals surface area (Å²) in [7, 11) is 1.45. The Kier molecular flexibility index (Phi) is 6.41. The summed E-state index contributed by atoms with van der Waals surface area (Å²) in [5.41, 5.74) is -0.417. The fourth-order valence-corrected chi connectivity index (χ4v) is 3.39. The van der Waals surface area contributed by atoms with E-state index in [1.165, 1.54) is 33.1 Å². The highest BCUT2D eigenvalue weighted by Crippen LogP contribution is 2.34. The first-order valence-electron chi connectivity index (χ1n) is 9.80. The third kappa shape index (κ3) is 5.64. The molecule has 33 heavy (non-hydrogen) atoms. The van der Waals surface area contributed by atoms with Crippen molar-refractivity contribution in [1.82, 2.24) is 10.3 Å². The summed E-state index contributed by atoms with van der Waals surface area (Å²) in [6, 6.07) is 4.54. The lowest BCUT2D eigenvalue weighted by molar-refractivity contribution is -0.274. The number of nitrogens with one attached hydrogen (secondary N) is 2. The average Bonchev–Trinajstić information content (AvgIpc) is 2.70. The molecule has 0 saturated heterocycles. The summed E-state index contributed by atoms with van der Waals surface area (Å²) in [6.45, 7) is 4.22. The van der Waals surface area contributed by atoms with E-state index >= 15 is 0 Å². The first-order valence-corrected chi connectivity index (χ1v) is 9.80. The number of hydrogen-bond donors (Lipinski definition) is 3. The first-order chi connectivity index (χ1) is 15.3. The molecule has 12 heteroatoms. The molecule has 0 fully saturated rings. The van der Waals surface area contributed by atoms with Crippen molar-refractivity contribution in [3.05, 3.63) is 41.6 Å². The maximum absolute atomic E-state index is 13.1. The molecule has 3 N–H and O–H groups in total. The Morgan fingerprint density at radius 2 is 1.91 bits per heavy atom. The first kappa shape index (κ1) is 24.1. The highest BCUT2D eigenvalue weighted by molar-refractivity contribution is 6.08. The number of hydrogen-bond acceptors (Lipinski definition) is 6. The topological polar surface area (TPSA) is 113 Å². The molecule has 9 nitrogen and oxygen atoms in total. The van der Waals surface area contributed by atoms with Crippen molar-refractivity contribution in [3.63, 3.8) is 0 Å². The van der Waals surface area contributed by atoms with Gasteiger partial charge < -0.3 is 25.2 Å². The molecule has 1 atom stereocenters. The van der Waals surface area contributed by atoms with E-state index in [4.69, 9.17) is 4.74 Å². The Balaban J connectivity index is 1.89. The number of aliphatic hydroxyl groups is 1. The Morgan fingerprint density at radius 1 is 1.27 bits per heavy atom. The highest BCUT2D eigenvalue weighted by Gasteiger charge is 2.36. The molecule has 0 radical (unpaired) electrons. The maximum Gasteiger partial charge on any atom is 0.573 e. The number of aromatic nitrogens is 1. The standard InChI is InChI=1S/C21H23F3N4O5/c1-11-15(32-4)9-14-18(25-11)28(10-16(29)26-14)19(30)27-17(20(2,3)31)12-5-7-13(8-6-12)33-21(22,23)24/h5-9,17,31H,10H2,1-4H3,(H,26,29)(H,27,30)/t17-/m0/s1. The summed E-state index contributed by atoms with van der Waals surface area (Å²) < 4.78 is 46.3. The Morgan fingerprint density at radius 3 is 2.45 bits per heavy atom. The zero-order valence-corrected chi connectivity index (χ0v) is 18.3. The second kappa shape index (κ2) is 8.77. The van der Waals surface area contributed by atoms with Crippen LogP contribution in [-0.2, 0) is 4.79 Å². The smallest absolute Gasteiger partial charge is 0.495 e. The number of ether oxygens (including phenoxy) is 2. The van der Waals surface area contributed by atoms with Gasteiger partial charge in [0.15, 0.2) is 5.82 Å². The number of carbonyl (C=O) groups excluding carboxylic acids is 2. The lowest BCUT2D eigenvalue weighted by atomic mass is 9.92. The van der Waals surface area contributed by atoms with Gasteiger partial charge in [0.1, 0.15) is 18.0 Å². The van der Waals surface area contributed by atoms with Gasteiger partial charge in [-0.2, -0.15) is 0 Å². The predicted octanol–water partition coefficient (Wildman–Crippen LogP) is 3.28. The molecule has 0 saturated carbocycles. The van der Waals surface area contributed by atoms with E-state index in [9.17, 15) is 27.9 Å². The number of fused-ring (bicyclic) bond motifs is 1. The van der Waals surface area contributed by atoms with Gasteiger partial charge >= 0.3 is 12.4 Å². The largest absolute Gasteiger partial charge is 0.573 e. The number of amides is 3. The van der Waals surface area contributed by atoms with Gasteiger partial charge in [-0.1, -0.05) is 12.1 Å². The van der Waals surface area contributed by atoms with E-state index in [0.717, 1.165) is 17.0 Å². The summed E-state index contributed by atoms with van der Waals surface area (Å²) in [5.74, 6) is -0.290. The summed E-state index contributed by atoms with van der Waals surface area (Å²) in [4.78, 5) is 30.8. The minimum atomic E-state index is -4.85. The van der Waals surface area contributed by atoms with Crippen LogP contribution in [0.5, 0.6) is 11.5 Å². The molecule has 1 aliphatic heterocycles. The minimum Gasteiger partial charge on any atom is -0.495 e. The molecule has 3 rings (SSSR count). The number of benzene rings is 1. The molecule has 3 amide bonds. The number of alkyl halides is 3. The zero-order chi connectivity index (χ0) is 24.6. The monoisotopic (exact) mass is 468 g/mol. The number of aryl methyl sites for hydroxylation is 1. The molecular weight excluding hydrogens is 445 g/mol. The normalized spacial score (nSPS) is 14.8. The number of nitrogens with zero attached hydrogens (tertiary/aromatic N) is 2. The minimum absolute atomic E-state index is 0.189. The maximum atomic E-state index is 13.1. The van der Waals surface area contributed by atoms with E-state index < -0.39 is 35.7 Å². The van der Waals surface area contributed by atoms with E-state index in [-0.39, 0.29) is 18.1 Å². The van der Waals surface area contributed by atoms with Crippen LogP contribution in [-0.4, -0.2) is 47.6 Å². The number of rotatable bonds is 5. The molecule has 2 heterocycles. The average molecular weight is 468 g/mol. The van der Waals surface area contributed by atoms with Crippen molar-refractivity contribution in [2.75, 3.05) is 23.9 Å². The lowest BCUT2D eigenvalue weighted by Crippen LogP contribution is -2.51. The number of halogens is 3. The zero-order valence-electron chi connectivity index (χ0n) is 18.3. The predicted molar refractivity (Wildman–Crippen MR) is 112 cm³/mol. The van der Waals surface area contributed by atoms with Gasteiger partial charge in [0, 0.05) is 6.07 Å². The molecule has 0 aliphatic carbocycles. The second-order valence-corrected chi connectivity index (χ2v) is 7.93. The van der Waals surface area contributed by atoms with Crippen LogP contribution < -0.4 is 25.0 Å². The Hall–Kier alpha value is -3.54. The van der Waals surface area contributed by atoms with Gasteiger partial charge in [-0.25, -0.2) is 9.78 Å². The SMILES string of the molecule is COc1cc2c(nc1C)N(C(=O)N[C@@H](c1ccc(OC(F)(F)F)cc1)C(C)(C)O)CC(=O)N2. The van der Waals surface area contributed by atoms with Gasteiger partial charge in [0.2, 0.25) is 5.91 Å². The number of pyridine rings is 1. The molecule has 0 bridgehead atoms. The van der Waals surface area contributed by atoms with Crippen LogP contribution in [0.3, 0.4) is 0 Å². The van der Waals surface area contributed by atoms with Crippen LogP contribution in [0.2, 0.25) is 0 Å². The van der Waals surface area contributed by atoms with Crippen molar-refractivity contribution >= 4 is 23.4 Å². The van der Waals surface area contributed by atoms with Crippen LogP contribution in [0.25, 0.3) is 0 Å². The van der Waals surface area contributed by atoms with E-state index in [2.05, 4.69) is 20.4 Å². The second-order valence-electron chi connectivity index (χ2n) is 7.93. The molecule has 178 valence electrons. The molecule has 0 spiro atoms. The van der Waals surface area contributed by atoms with E-state index in [1.54, 1.807) is 13.0 Å². The molecule has 1 aromatic heterocycles. The van der Waals surface area contributed by atoms with Crippen LogP contribution in [0.1, 0.15) is 31.1 Å². The summed E-state index contributed by atoms with van der Waals surface area (Å²) in [6.07, 6.45) is -4.85. The molecule has 2 aromatic rings. The Labute approximate surface area is 187 Å². The third-order valence-electron chi connectivity index (χ3n) is 4.86. The van der Waals surface area contributed by atoms with Crippen molar-refractivity contribution in [3.8, 4) is 11.5 Å².